The van der Waals surface area contributed by atoms with Gasteiger partial charge in [-0.15, -0.1) is 0 Å². The molecule has 104 valence electrons. The van der Waals surface area contributed by atoms with Crippen LogP contribution in [0.2, 0.25) is 0 Å². The fourth-order valence-electron chi connectivity index (χ4n) is 1.80. The number of anilines is 1. The molecule has 2 heterocycles. The summed E-state index contributed by atoms with van der Waals surface area (Å²) in [6.45, 7) is 1.75. The second-order valence-electron chi connectivity index (χ2n) is 4.39. The Labute approximate surface area is 120 Å². The van der Waals surface area contributed by atoms with Gasteiger partial charge in [-0.3, -0.25) is 4.79 Å². The number of aromatic nitrogens is 3. The highest BCUT2D eigenvalue weighted by atomic mass is 16.5. The van der Waals surface area contributed by atoms with Gasteiger partial charge in [0.2, 0.25) is 0 Å². The third kappa shape index (κ3) is 2.94. The Bertz CT molecular complexity index is 751. The van der Waals surface area contributed by atoms with E-state index in [-0.39, 0.29) is 5.91 Å². The minimum atomic E-state index is -0.220. The largest absolute Gasteiger partial charge is 0.334 e. The molecule has 0 aliphatic carbocycles. The van der Waals surface area contributed by atoms with Crippen LogP contribution in [0, 0.1) is 6.92 Å². The smallest absolute Gasteiger partial charge is 0.257 e. The second-order valence-corrected chi connectivity index (χ2v) is 4.39. The zero-order valence-corrected chi connectivity index (χ0v) is 11.3. The number of nitrogens with zero attached hydrogens (tertiary/aromatic N) is 3. The first-order valence-corrected chi connectivity index (χ1v) is 6.35. The minimum absolute atomic E-state index is 0.220. The lowest BCUT2D eigenvalue weighted by Gasteiger charge is -2.04. The summed E-state index contributed by atoms with van der Waals surface area (Å²) in [7, 11) is 0. The summed E-state index contributed by atoms with van der Waals surface area (Å²) in [4.78, 5) is 20.2. The number of hydrogen-bond acceptors (Lipinski definition) is 5. The van der Waals surface area contributed by atoms with E-state index in [4.69, 9.17) is 4.52 Å². The van der Waals surface area contributed by atoms with Gasteiger partial charge in [0.1, 0.15) is 5.82 Å². The summed E-state index contributed by atoms with van der Waals surface area (Å²) in [6, 6.07) is 12.3. The second kappa shape index (κ2) is 5.54. The summed E-state index contributed by atoms with van der Waals surface area (Å²) < 4.78 is 5.07. The highest BCUT2D eigenvalue weighted by Gasteiger charge is 2.09. The van der Waals surface area contributed by atoms with Crippen molar-refractivity contribution in [1.82, 2.24) is 15.1 Å². The molecule has 0 saturated heterocycles. The average Bonchev–Trinajstić information content (AvgIpc) is 2.95. The Balaban J connectivity index is 1.76. The molecule has 3 rings (SSSR count). The van der Waals surface area contributed by atoms with Crippen LogP contribution in [0.3, 0.4) is 0 Å². The van der Waals surface area contributed by atoms with Gasteiger partial charge in [0, 0.05) is 17.3 Å². The summed E-state index contributed by atoms with van der Waals surface area (Å²) in [5.74, 6) is 1.30. The molecule has 21 heavy (non-hydrogen) atoms. The highest BCUT2D eigenvalue weighted by Crippen LogP contribution is 2.18. The lowest BCUT2D eigenvalue weighted by molar-refractivity contribution is 0.102. The van der Waals surface area contributed by atoms with Crippen molar-refractivity contribution in [3.05, 3.63) is 60.0 Å². The van der Waals surface area contributed by atoms with Crippen LogP contribution in [0.25, 0.3) is 11.5 Å². The van der Waals surface area contributed by atoms with Crippen LogP contribution in [-0.4, -0.2) is 21.0 Å². The van der Waals surface area contributed by atoms with Crippen molar-refractivity contribution in [1.29, 1.82) is 0 Å². The Morgan fingerprint density at radius 1 is 1.14 bits per heavy atom. The minimum Gasteiger partial charge on any atom is -0.334 e. The molecule has 2 aromatic heterocycles. The number of amides is 1. The van der Waals surface area contributed by atoms with E-state index in [1.54, 1.807) is 49.5 Å². The van der Waals surface area contributed by atoms with E-state index in [9.17, 15) is 4.79 Å². The topological polar surface area (TPSA) is 80.9 Å². The Kier molecular flexibility index (Phi) is 3.42. The third-order valence-electron chi connectivity index (χ3n) is 2.83. The molecular weight excluding hydrogens is 268 g/mol. The fourth-order valence-corrected chi connectivity index (χ4v) is 1.80. The molecule has 1 amide bonds. The first-order valence-electron chi connectivity index (χ1n) is 6.35. The molecule has 0 atom stereocenters. The van der Waals surface area contributed by atoms with Gasteiger partial charge in [-0.1, -0.05) is 11.2 Å². The number of hydrogen-bond donors (Lipinski definition) is 1. The molecule has 0 aliphatic rings. The van der Waals surface area contributed by atoms with Gasteiger partial charge in [-0.05, 0) is 43.3 Å². The number of nitrogens with one attached hydrogen (secondary N) is 1. The van der Waals surface area contributed by atoms with Gasteiger partial charge in [-0.2, -0.15) is 4.98 Å². The van der Waals surface area contributed by atoms with Gasteiger partial charge in [-0.25, -0.2) is 4.98 Å². The Morgan fingerprint density at radius 3 is 2.57 bits per heavy atom. The summed E-state index contributed by atoms with van der Waals surface area (Å²) in [5, 5.41) is 6.45. The molecule has 0 spiro atoms. The Morgan fingerprint density at radius 2 is 1.95 bits per heavy atom. The van der Waals surface area contributed by atoms with Crippen molar-refractivity contribution >= 4 is 11.7 Å². The summed E-state index contributed by atoms with van der Waals surface area (Å²) in [6.07, 6.45) is 1.62. The van der Waals surface area contributed by atoms with E-state index in [2.05, 4.69) is 20.4 Å². The quantitative estimate of drug-likeness (QED) is 0.797. The van der Waals surface area contributed by atoms with Gasteiger partial charge >= 0.3 is 0 Å². The van der Waals surface area contributed by atoms with Crippen LogP contribution in [0.1, 0.15) is 16.2 Å². The van der Waals surface area contributed by atoms with E-state index >= 15 is 0 Å². The van der Waals surface area contributed by atoms with E-state index in [1.807, 2.05) is 6.07 Å². The van der Waals surface area contributed by atoms with E-state index in [1.165, 1.54) is 0 Å². The van der Waals surface area contributed by atoms with Gasteiger partial charge in [0.15, 0.2) is 5.82 Å². The molecule has 0 fully saturated rings. The maximum absolute atomic E-state index is 12.1. The molecule has 0 bridgehead atoms. The number of rotatable bonds is 3. The van der Waals surface area contributed by atoms with E-state index in [0.29, 0.717) is 23.1 Å². The van der Waals surface area contributed by atoms with Crippen molar-refractivity contribution in [3.8, 4) is 11.5 Å². The van der Waals surface area contributed by atoms with Crippen molar-refractivity contribution in [2.75, 3.05) is 5.32 Å². The highest BCUT2D eigenvalue weighted by molar-refractivity contribution is 6.03. The first kappa shape index (κ1) is 13.0. The molecule has 0 radical (unpaired) electrons. The lowest BCUT2D eigenvalue weighted by Crippen LogP contribution is -2.12. The van der Waals surface area contributed by atoms with Crippen LogP contribution in [-0.2, 0) is 0 Å². The predicted molar refractivity (Wildman–Crippen MR) is 76.7 cm³/mol. The number of aryl methyl sites for hydroxylation is 1. The maximum atomic E-state index is 12.1. The molecule has 0 unspecified atom stereocenters. The van der Waals surface area contributed by atoms with Gasteiger partial charge in [0.25, 0.3) is 11.8 Å². The number of carbonyl (C=O) groups excluding carboxylic acids is 1. The average molecular weight is 280 g/mol. The maximum Gasteiger partial charge on any atom is 0.257 e. The van der Waals surface area contributed by atoms with Crippen molar-refractivity contribution in [3.63, 3.8) is 0 Å². The number of benzene rings is 1. The van der Waals surface area contributed by atoms with Crippen molar-refractivity contribution in [2.45, 2.75) is 6.92 Å². The Hall–Kier alpha value is -3.02. The molecular formula is C15H12N4O2. The van der Waals surface area contributed by atoms with Crippen LogP contribution in [0.4, 0.5) is 5.82 Å². The third-order valence-corrected chi connectivity index (χ3v) is 2.83. The number of pyridine rings is 1. The van der Waals surface area contributed by atoms with Crippen molar-refractivity contribution in [2.24, 2.45) is 0 Å². The first-order chi connectivity index (χ1) is 10.2. The summed E-state index contributed by atoms with van der Waals surface area (Å²) in [5.41, 5.74) is 1.30. The van der Waals surface area contributed by atoms with Crippen LogP contribution < -0.4 is 5.32 Å². The van der Waals surface area contributed by atoms with Gasteiger partial charge < -0.3 is 9.84 Å². The normalized spacial score (nSPS) is 10.3. The van der Waals surface area contributed by atoms with Crippen LogP contribution in [0.5, 0.6) is 0 Å². The number of carbonyl (C=O) groups is 1. The molecule has 1 aromatic carbocycles. The standard InChI is InChI=1S/C15H12N4O2/c1-10-17-15(21-19-10)12-7-5-11(6-8-12)14(20)18-13-4-2-3-9-16-13/h2-9H,1H3,(H,16,18,20). The molecule has 6 nitrogen and oxygen atoms in total. The van der Waals surface area contributed by atoms with Crippen LogP contribution >= 0.6 is 0 Å². The fraction of sp³-hybridized carbons (Fsp3) is 0.0667. The SMILES string of the molecule is Cc1noc(-c2ccc(C(=O)Nc3ccccn3)cc2)n1. The monoisotopic (exact) mass is 280 g/mol. The van der Waals surface area contributed by atoms with E-state index in [0.717, 1.165) is 5.56 Å². The predicted octanol–water partition coefficient (Wildman–Crippen LogP) is 2.69. The molecule has 6 heteroatoms. The zero-order valence-electron chi connectivity index (χ0n) is 11.3. The van der Waals surface area contributed by atoms with Crippen LogP contribution in [0.15, 0.2) is 53.2 Å². The van der Waals surface area contributed by atoms with Gasteiger partial charge in [0.05, 0.1) is 0 Å². The zero-order chi connectivity index (χ0) is 14.7. The van der Waals surface area contributed by atoms with E-state index < -0.39 is 0 Å². The lowest BCUT2D eigenvalue weighted by atomic mass is 10.1. The molecule has 0 aliphatic heterocycles. The summed E-state index contributed by atoms with van der Waals surface area (Å²) >= 11 is 0. The molecule has 3 aromatic rings. The molecule has 0 saturated carbocycles. The van der Waals surface area contributed by atoms with Crippen molar-refractivity contribution < 1.29 is 9.32 Å². The molecule has 1 N–H and O–H groups in total.